The number of pyridine rings is 1. The number of morpholine rings is 1. The molecule has 2 fully saturated rings. The van der Waals surface area contributed by atoms with Gasteiger partial charge in [0.15, 0.2) is 5.60 Å². The third-order valence-electron chi connectivity index (χ3n) is 5.83. The molecule has 0 bridgehead atoms. The van der Waals surface area contributed by atoms with Crippen molar-refractivity contribution in [2.75, 3.05) is 33.4 Å². The van der Waals surface area contributed by atoms with Crippen molar-refractivity contribution in [1.82, 2.24) is 14.8 Å². The normalized spacial score (nSPS) is 24.2. The van der Waals surface area contributed by atoms with Crippen LogP contribution in [0.4, 0.5) is 0 Å². The Kier molecular flexibility index (Phi) is 5.24. The predicted molar refractivity (Wildman–Crippen MR) is 106 cm³/mol. The van der Waals surface area contributed by atoms with Crippen molar-refractivity contribution >= 4 is 11.8 Å². The van der Waals surface area contributed by atoms with Crippen LogP contribution in [0, 0.1) is 0 Å². The van der Waals surface area contributed by atoms with Gasteiger partial charge in [0, 0.05) is 44.9 Å². The van der Waals surface area contributed by atoms with Crippen LogP contribution >= 0.6 is 0 Å². The average molecular weight is 395 g/mol. The van der Waals surface area contributed by atoms with E-state index in [1.807, 2.05) is 41.3 Å². The number of nitrogens with zero attached hydrogens (tertiary/aromatic N) is 3. The van der Waals surface area contributed by atoms with Crippen molar-refractivity contribution in [3.63, 3.8) is 0 Å². The highest BCUT2D eigenvalue weighted by Crippen LogP contribution is 2.42. The molecule has 2 aliphatic rings. The van der Waals surface area contributed by atoms with E-state index in [-0.39, 0.29) is 24.3 Å². The van der Waals surface area contributed by atoms with Crippen LogP contribution in [-0.4, -0.2) is 65.6 Å². The number of aromatic nitrogens is 1. The summed E-state index contributed by atoms with van der Waals surface area (Å²) in [5.74, 6) is 0.408. The summed E-state index contributed by atoms with van der Waals surface area (Å²) in [5, 5.41) is 0. The molecule has 1 aromatic heterocycles. The fourth-order valence-electron chi connectivity index (χ4n) is 4.26. The van der Waals surface area contributed by atoms with Gasteiger partial charge in [0.25, 0.3) is 5.91 Å². The first-order valence-corrected chi connectivity index (χ1v) is 9.75. The highest BCUT2D eigenvalue weighted by atomic mass is 16.5. The maximum atomic E-state index is 13.6. The van der Waals surface area contributed by atoms with E-state index >= 15 is 0 Å². The Morgan fingerprint density at radius 1 is 1.31 bits per heavy atom. The first-order chi connectivity index (χ1) is 14.0. The number of hydrogen-bond donors (Lipinski definition) is 0. The Balaban J connectivity index is 1.63. The fourth-order valence-corrected chi connectivity index (χ4v) is 4.26. The van der Waals surface area contributed by atoms with Gasteiger partial charge in [-0.3, -0.25) is 14.6 Å². The lowest BCUT2D eigenvalue weighted by molar-refractivity contribution is -0.173. The minimum atomic E-state index is -1.07. The van der Waals surface area contributed by atoms with Crippen molar-refractivity contribution in [3.8, 4) is 5.75 Å². The maximum absolute atomic E-state index is 13.6. The molecule has 2 saturated heterocycles. The van der Waals surface area contributed by atoms with E-state index < -0.39 is 5.60 Å². The molecule has 3 heterocycles. The number of methoxy groups -OCH3 is 1. The lowest BCUT2D eigenvalue weighted by Gasteiger charge is -2.42. The number of hydrogen-bond acceptors (Lipinski definition) is 5. The SMILES string of the molecule is COc1ccc(CN2CCO[C@@]3(CN(C(C)=O)C[C@@H]3c3cccnc3)C2=O)cc1. The van der Waals surface area contributed by atoms with Gasteiger partial charge in [-0.15, -0.1) is 0 Å². The van der Waals surface area contributed by atoms with Crippen LogP contribution in [0.2, 0.25) is 0 Å². The van der Waals surface area contributed by atoms with Crippen LogP contribution in [0.15, 0.2) is 48.8 Å². The van der Waals surface area contributed by atoms with Gasteiger partial charge in [-0.25, -0.2) is 0 Å². The zero-order valence-electron chi connectivity index (χ0n) is 16.7. The Bertz CT molecular complexity index is 887. The average Bonchev–Trinajstić information content (AvgIpc) is 3.13. The van der Waals surface area contributed by atoms with Crippen molar-refractivity contribution < 1.29 is 19.1 Å². The van der Waals surface area contributed by atoms with Crippen molar-refractivity contribution in [2.24, 2.45) is 0 Å². The molecule has 2 atom stereocenters. The Morgan fingerprint density at radius 3 is 2.76 bits per heavy atom. The van der Waals surface area contributed by atoms with E-state index in [0.717, 1.165) is 16.9 Å². The number of ether oxygens (including phenoxy) is 2. The quantitative estimate of drug-likeness (QED) is 0.790. The summed E-state index contributed by atoms with van der Waals surface area (Å²) in [6, 6.07) is 11.5. The number of carbonyl (C=O) groups is 2. The van der Waals surface area contributed by atoms with Gasteiger partial charge in [-0.05, 0) is 29.3 Å². The third-order valence-corrected chi connectivity index (χ3v) is 5.83. The molecule has 7 nitrogen and oxygen atoms in total. The molecule has 152 valence electrons. The van der Waals surface area contributed by atoms with Gasteiger partial charge < -0.3 is 19.3 Å². The highest BCUT2D eigenvalue weighted by Gasteiger charge is 2.57. The summed E-state index contributed by atoms with van der Waals surface area (Å²) in [6.07, 6.45) is 3.46. The van der Waals surface area contributed by atoms with Gasteiger partial charge in [0.2, 0.25) is 5.91 Å². The summed E-state index contributed by atoms with van der Waals surface area (Å²) in [6.45, 7) is 3.69. The van der Waals surface area contributed by atoms with Crippen LogP contribution in [-0.2, 0) is 20.9 Å². The molecule has 29 heavy (non-hydrogen) atoms. The highest BCUT2D eigenvalue weighted by molar-refractivity contribution is 5.89. The molecule has 0 unspecified atom stereocenters. The molecule has 1 spiro atoms. The minimum absolute atomic E-state index is 0.0561. The molecule has 0 N–H and O–H groups in total. The zero-order chi connectivity index (χ0) is 20.4. The molecular formula is C22H25N3O4. The topological polar surface area (TPSA) is 72.0 Å². The molecule has 1 aromatic carbocycles. The molecule has 2 aromatic rings. The van der Waals surface area contributed by atoms with Crippen LogP contribution in [0.3, 0.4) is 0 Å². The van der Waals surface area contributed by atoms with Gasteiger partial charge >= 0.3 is 0 Å². The van der Waals surface area contributed by atoms with Crippen molar-refractivity contribution in [2.45, 2.75) is 25.0 Å². The maximum Gasteiger partial charge on any atom is 0.257 e. The van der Waals surface area contributed by atoms with Gasteiger partial charge in [-0.2, -0.15) is 0 Å². The van der Waals surface area contributed by atoms with Crippen LogP contribution in [0.5, 0.6) is 5.75 Å². The lowest BCUT2D eigenvalue weighted by atomic mass is 9.83. The Labute approximate surface area is 170 Å². The number of amides is 2. The Morgan fingerprint density at radius 2 is 2.10 bits per heavy atom. The first kappa shape index (κ1) is 19.4. The summed E-state index contributed by atoms with van der Waals surface area (Å²) in [4.78, 5) is 33.5. The molecule has 0 saturated carbocycles. The lowest BCUT2D eigenvalue weighted by Crippen LogP contribution is -2.60. The molecule has 2 amide bonds. The number of benzene rings is 1. The van der Waals surface area contributed by atoms with E-state index in [1.165, 1.54) is 6.92 Å². The third kappa shape index (κ3) is 3.58. The number of carbonyl (C=O) groups excluding carboxylic acids is 2. The van der Waals surface area contributed by atoms with E-state index in [2.05, 4.69) is 4.98 Å². The van der Waals surface area contributed by atoms with Crippen LogP contribution in [0.1, 0.15) is 24.0 Å². The largest absolute Gasteiger partial charge is 0.497 e. The monoisotopic (exact) mass is 395 g/mol. The van der Waals surface area contributed by atoms with E-state index in [4.69, 9.17) is 9.47 Å². The molecule has 7 heteroatoms. The summed E-state index contributed by atoms with van der Waals surface area (Å²) in [7, 11) is 1.63. The first-order valence-electron chi connectivity index (χ1n) is 9.75. The summed E-state index contributed by atoms with van der Waals surface area (Å²) < 4.78 is 11.4. The smallest absolute Gasteiger partial charge is 0.257 e. The molecular weight excluding hydrogens is 370 g/mol. The minimum Gasteiger partial charge on any atom is -0.497 e. The molecule has 0 aliphatic carbocycles. The van der Waals surface area contributed by atoms with Gasteiger partial charge in [0.05, 0.1) is 20.3 Å². The summed E-state index contributed by atoms with van der Waals surface area (Å²) in [5.41, 5.74) is 0.867. The molecule has 2 aliphatic heterocycles. The second-order valence-corrected chi connectivity index (χ2v) is 7.55. The van der Waals surface area contributed by atoms with Gasteiger partial charge in [0.1, 0.15) is 5.75 Å². The van der Waals surface area contributed by atoms with E-state index in [9.17, 15) is 9.59 Å². The second kappa shape index (κ2) is 7.83. The van der Waals surface area contributed by atoms with Crippen molar-refractivity contribution in [3.05, 3.63) is 59.9 Å². The zero-order valence-corrected chi connectivity index (χ0v) is 16.7. The number of likely N-dealkylation sites (tertiary alicyclic amines) is 1. The molecule has 4 rings (SSSR count). The molecule has 0 radical (unpaired) electrons. The summed E-state index contributed by atoms with van der Waals surface area (Å²) >= 11 is 0. The van der Waals surface area contributed by atoms with E-state index in [0.29, 0.717) is 26.2 Å². The van der Waals surface area contributed by atoms with Crippen molar-refractivity contribution in [1.29, 1.82) is 0 Å². The van der Waals surface area contributed by atoms with Gasteiger partial charge in [-0.1, -0.05) is 18.2 Å². The predicted octanol–water partition coefficient (Wildman–Crippen LogP) is 1.83. The van der Waals surface area contributed by atoms with Crippen LogP contribution < -0.4 is 4.74 Å². The van der Waals surface area contributed by atoms with E-state index in [1.54, 1.807) is 24.4 Å². The van der Waals surface area contributed by atoms with Crippen LogP contribution in [0.25, 0.3) is 0 Å². The second-order valence-electron chi connectivity index (χ2n) is 7.55. The number of rotatable bonds is 4. The fraction of sp³-hybridized carbons (Fsp3) is 0.409. The Hall–Kier alpha value is -2.93. The standard InChI is InChI=1S/C22H25N3O4/c1-16(26)25-14-20(18-4-3-9-23-12-18)22(15-25)21(27)24(10-11-29-22)13-17-5-7-19(28-2)8-6-17/h3-9,12,20H,10-11,13-15H2,1-2H3/t20-,22-/m1/s1.